The quantitative estimate of drug-likeness (QED) is 0.919. The predicted molar refractivity (Wildman–Crippen MR) is 87.0 cm³/mol. The minimum absolute atomic E-state index is 0.163. The summed E-state index contributed by atoms with van der Waals surface area (Å²) in [5.74, 6) is -0.163. The summed E-state index contributed by atoms with van der Waals surface area (Å²) < 4.78 is 0. The van der Waals surface area contributed by atoms with Gasteiger partial charge in [0, 0.05) is 29.0 Å². The van der Waals surface area contributed by atoms with Gasteiger partial charge in [0.05, 0.1) is 6.04 Å². The van der Waals surface area contributed by atoms with Gasteiger partial charge in [-0.2, -0.15) is 0 Å². The zero-order chi connectivity index (χ0) is 15.6. The lowest BCUT2D eigenvalue weighted by molar-refractivity contribution is 0.0737. The van der Waals surface area contributed by atoms with Gasteiger partial charge in [0.1, 0.15) is 10.7 Å². The number of hydrogen-bond acceptors (Lipinski definition) is 4. The van der Waals surface area contributed by atoms with Crippen LogP contribution in [0, 0.1) is 0 Å². The van der Waals surface area contributed by atoms with E-state index in [2.05, 4.69) is 4.98 Å². The van der Waals surface area contributed by atoms with Crippen LogP contribution in [0.25, 0.3) is 0 Å². The van der Waals surface area contributed by atoms with Crippen molar-refractivity contribution in [3.63, 3.8) is 0 Å². The van der Waals surface area contributed by atoms with Crippen LogP contribution in [0.2, 0.25) is 10.0 Å². The Morgan fingerprint density at radius 2 is 2.19 bits per heavy atom. The standard InChI is InChI=1S/C14H15Cl2N3OS/c1-8(10-4-3-9(15)5-11(10)16)19(2)14(20)12-7-21-13(6-17)18-12/h3-5,7-8H,6,17H2,1-2H3/t8-/m1/s1. The number of nitrogens with zero attached hydrogens (tertiary/aromatic N) is 2. The monoisotopic (exact) mass is 343 g/mol. The number of thiazole rings is 1. The maximum absolute atomic E-state index is 12.4. The van der Waals surface area contributed by atoms with Gasteiger partial charge in [0.15, 0.2) is 0 Å². The van der Waals surface area contributed by atoms with E-state index >= 15 is 0 Å². The average Bonchev–Trinajstić information content (AvgIpc) is 2.94. The first-order valence-corrected chi connectivity index (χ1v) is 7.94. The summed E-state index contributed by atoms with van der Waals surface area (Å²) in [6.07, 6.45) is 0. The summed E-state index contributed by atoms with van der Waals surface area (Å²) in [7, 11) is 1.72. The third kappa shape index (κ3) is 3.55. The second-order valence-electron chi connectivity index (χ2n) is 4.59. The van der Waals surface area contributed by atoms with E-state index in [4.69, 9.17) is 28.9 Å². The molecule has 4 nitrogen and oxygen atoms in total. The van der Waals surface area contributed by atoms with Crippen molar-refractivity contribution in [2.45, 2.75) is 19.5 Å². The van der Waals surface area contributed by atoms with Crippen molar-refractivity contribution >= 4 is 40.4 Å². The van der Waals surface area contributed by atoms with Crippen molar-refractivity contribution in [1.82, 2.24) is 9.88 Å². The summed E-state index contributed by atoms with van der Waals surface area (Å²) in [5.41, 5.74) is 6.76. The van der Waals surface area contributed by atoms with Gasteiger partial charge in [-0.05, 0) is 24.6 Å². The number of halogens is 2. The van der Waals surface area contributed by atoms with E-state index in [0.29, 0.717) is 22.3 Å². The number of rotatable bonds is 4. The Labute approximate surface area is 137 Å². The molecule has 2 N–H and O–H groups in total. The Balaban J connectivity index is 2.21. The zero-order valence-electron chi connectivity index (χ0n) is 11.6. The lowest BCUT2D eigenvalue weighted by Gasteiger charge is -2.25. The Bertz CT molecular complexity index is 659. The van der Waals surface area contributed by atoms with Crippen molar-refractivity contribution < 1.29 is 4.79 Å². The molecule has 112 valence electrons. The van der Waals surface area contributed by atoms with Crippen LogP contribution in [0.5, 0.6) is 0 Å². The van der Waals surface area contributed by atoms with Crippen molar-refractivity contribution in [2.24, 2.45) is 5.73 Å². The fourth-order valence-electron chi connectivity index (χ4n) is 1.91. The van der Waals surface area contributed by atoms with Gasteiger partial charge in [-0.1, -0.05) is 29.3 Å². The van der Waals surface area contributed by atoms with E-state index in [1.54, 1.807) is 29.5 Å². The minimum Gasteiger partial charge on any atom is -0.334 e. The van der Waals surface area contributed by atoms with E-state index in [-0.39, 0.29) is 11.9 Å². The van der Waals surface area contributed by atoms with E-state index in [1.807, 2.05) is 13.0 Å². The Morgan fingerprint density at radius 1 is 1.48 bits per heavy atom. The van der Waals surface area contributed by atoms with Gasteiger partial charge in [0.25, 0.3) is 5.91 Å². The Kier molecular flexibility index (Phi) is 5.22. The Hall–Kier alpha value is -1.14. The van der Waals surface area contributed by atoms with Crippen LogP contribution < -0.4 is 5.73 Å². The highest BCUT2D eigenvalue weighted by Crippen LogP contribution is 2.29. The van der Waals surface area contributed by atoms with E-state index in [9.17, 15) is 4.79 Å². The van der Waals surface area contributed by atoms with E-state index in [0.717, 1.165) is 10.6 Å². The van der Waals surface area contributed by atoms with Crippen molar-refractivity contribution in [1.29, 1.82) is 0 Å². The van der Waals surface area contributed by atoms with Gasteiger partial charge < -0.3 is 10.6 Å². The van der Waals surface area contributed by atoms with Crippen molar-refractivity contribution in [2.75, 3.05) is 7.05 Å². The molecule has 0 aliphatic carbocycles. The number of carbonyl (C=O) groups excluding carboxylic acids is 1. The molecule has 0 bridgehead atoms. The molecule has 0 spiro atoms. The second kappa shape index (κ2) is 6.75. The first-order chi connectivity index (χ1) is 9.93. The van der Waals surface area contributed by atoms with Gasteiger partial charge in [-0.3, -0.25) is 4.79 Å². The molecule has 0 unspecified atom stereocenters. The van der Waals surface area contributed by atoms with Crippen LogP contribution in [0.4, 0.5) is 0 Å². The minimum atomic E-state index is -0.190. The molecule has 0 radical (unpaired) electrons. The first kappa shape index (κ1) is 16.2. The molecule has 1 aromatic carbocycles. The number of carbonyl (C=O) groups is 1. The summed E-state index contributed by atoms with van der Waals surface area (Å²) >= 11 is 13.5. The van der Waals surface area contributed by atoms with Crippen LogP contribution in [0.3, 0.4) is 0 Å². The van der Waals surface area contributed by atoms with Gasteiger partial charge in [-0.25, -0.2) is 4.98 Å². The molecule has 0 saturated heterocycles. The largest absolute Gasteiger partial charge is 0.334 e. The van der Waals surface area contributed by atoms with Crippen molar-refractivity contribution in [3.8, 4) is 0 Å². The summed E-state index contributed by atoms with van der Waals surface area (Å²) in [4.78, 5) is 18.2. The molecule has 1 heterocycles. The van der Waals surface area contributed by atoms with Gasteiger partial charge in [0.2, 0.25) is 0 Å². The fraction of sp³-hybridized carbons (Fsp3) is 0.286. The molecule has 1 atom stereocenters. The molecule has 0 fully saturated rings. The normalized spacial score (nSPS) is 12.2. The summed E-state index contributed by atoms with van der Waals surface area (Å²) in [6, 6.07) is 5.06. The fourth-order valence-corrected chi connectivity index (χ4v) is 3.12. The van der Waals surface area contributed by atoms with Crippen LogP contribution >= 0.6 is 34.5 Å². The third-order valence-corrected chi connectivity index (χ3v) is 4.69. The molecule has 0 aliphatic heterocycles. The molecule has 1 amide bonds. The van der Waals surface area contributed by atoms with Crippen molar-refractivity contribution in [3.05, 3.63) is 49.9 Å². The summed E-state index contributed by atoms with van der Waals surface area (Å²) in [6.45, 7) is 2.24. The molecular weight excluding hydrogens is 329 g/mol. The Morgan fingerprint density at radius 3 is 2.76 bits per heavy atom. The van der Waals surface area contributed by atoms with E-state index in [1.165, 1.54) is 11.3 Å². The average molecular weight is 344 g/mol. The molecule has 0 aliphatic rings. The zero-order valence-corrected chi connectivity index (χ0v) is 14.0. The number of benzene rings is 1. The highest BCUT2D eigenvalue weighted by molar-refractivity contribution is 7.09. The molecule has 7 heteroatoms. The molecule has 21 heavy (non-hydrogen) atoms. The summed E-state index contributed by atoms with van der Waals surface area (Å²) in [5, 5.41) is 3.56. The SMILES string of the molecule is C[C@H](c1ccc(Cl)cc1Cl)N(C)C(=O)c1csc(CN)n1. The molecule has 0 saturated carbocycles. The van der Waals surface area contributed by atoms with Crippen LogP contribution in [-0.2, 0) is 6.54 Å². The lowest BCUT2D eigenvalue weighted by atomic mass is 10.1. The second-order valence-corrected chi connectivity index (χ2v) is 6.37. The molecular formula is C14H15Cl2N3OS. The highest BCUT2D eigenvalue weighted by Gasteiger charge is 2.22. The topological polar surface area (TPSA) is 59.2 Å². The lowest BCUT2D eigenvalue weighted by Crippen LogP contribution is -2.30. The van der Waals surface area contributed by atoms with Gasteiger partial charge >= 0.3 is 0 Å². The highest BCUT2D eigenvalue weighted by atomic mass is 35.5. The van der Waals surface area contributed by atoms with Crippen LogP contribution in [0.15, 0.2) is 23.6 Å². The maximum atomic E-state index is 12.4. The smallest absolute Gasteiger partial charge is 0.273 e. The predicted octanol–water partition coefficient (Wildman–Crippen LogP) is 3.74. The number of amides is 1. The third-order valence-electron chi connectivity index (χ3n) is 3.26. The van der Waals surface area contributed by atoms with Gasteiger partial charge in [-0.15, -0.1) is 11.3 Å². The first-order valence-electron chi connectivity index (χ1n) is 6.30. The maximum Gasteiger partial charge on any atom is 0.273 e. The molecule has 1 aromatic heterocycles. The van der Waals surface area contributed by atoms with E-state index < -0.39 is 0 Å². The van der Waals surface area contributed by atoms with Crippen LogP contribution in [0.1, 0.15) is 34.0 Å². The molecule has 2 rings (SSSR count). The molecule has 2 aromatic rings. The van der Waals surface area contributed by atoms with Crippen LogP contribution in [-0.4, -0.2) is 22.8 Å². The number of nitrogens with two attached hydrogens (primary N) is 1. The number of hydrogen-bond donors (Lipinski definition) is 1. The number of aromatic nitrogens is 1.